The first-order valence-electron chi connectivity index (χ1n) is 7.00. The Bertz CT molecular complexity index is 872. The zero-order chi connectivity index (χ0) is 17.3. The average Bonchev–Trinajstić information content (AvgIpc) is 3.10. The summed E-state index contributed by atoms with van der Waals surface area (Å²) in [4.78, 5) is 36.9. The number of thiophene rings is 1. The van der Waals surface area contributed by atoms with E-state index >= 15 is 0 Å². The maximum atomic E-state index is 12.5. The fraction of sp³-hybridized carbons (Fsp3) is 0.125. The summed E-state index contributed by atoms with van der Waals surface area (Å²) in [7, 11) is 0. The number of benzene rings is 1. The van der Waals surface area contributed by atoms with Gasteiger partial charge in [0.2, 0.25) is 0 Å². The Balaban J connectivity index is 1.82. The van der Waals surface area contributed by atoms with E-state index in [4.69, 9.17) is 0 Å². The number of rotatable bonds is 4. The van der Waals surface area contributed by atoms with Crippen molar-refractivity contribution in [3.63, 3.8) is 0 Å². The predicted octanol–water partition coefficient (Wildman–Crippen LogP) is 4.20. The van der Waals surface area contributed by atoms with Crippen molar-refractivity contribution in [2.45, 2.75) is 13.5 Å². The Morgan fingerprint density at radius 3 is 2.62 bits per heavy atom. The average molecular weight is 360 g/mol. The fourth-order valence-corrected chi connectivity index (χ4v) is 3.91. The van der Waals surface area contributed by atoms with E-state index in [0.717, 1.165) is 34.2 Å². The molecule has 6 nitrogen and oxygen atoms in total. The van der Waals surface area contributed by atoms with Gasteiger partial charge < -0.3 is 0 Å². The number of thioether (sulfide) groups is 1. The molecule has 0 spiro atoms. The molecule has 1 saturated heterocycles. The first-order chi connectivity index (χ1) is 11.5. The van der Waals surface area contributed by atoms with Gasteiger partial charge >= 0.3 is 5.00 Å². The Morgan fingerprint density at radius 2 is 1.96 bits per heavy atom. The van der Waals surface area contributed by atoms with Crippen LogP contribution >= 0.6 is 23.1 Å². The smallest absolute Gasteiger partial charge is 0.268 e. The molecule has 0 saturated carbocycles. The molecular weight excluding hydrogens is 348 g/mol. The molecule has 0 aliphatic carbocycles. The second kappa shape index (κ2) is 6.58. The van der Waals surface area contributed by atoms with Crippen LogP contribution in [0.15, 0.2) is 41.3 Å². The van der Waals surface area contributed by atoms with Crippen LogP contribution < -0.4 is 0 Å². The summed E-state index contributed by atoms with van der Waals surface area (Å²) >= 11 is 1.82. The SMILES string of the molecule is Cc1ccccc1CN1C(=O)S/C(=C\c2ccc([N+](=O)[O-])s2)C1=O. The normalized spacial score (nSPS) is 16.2. The van der Waals surface area contributed by atoms with Crippen molar-refractivity contribution in [3.05, 3.63) is 67.4 Å². The molecule has 3 rings (SSSR count). The fourth-order valence-electron chi connectivity index (χ4n) is 2.24. The highest BCUT2D eigenvalue weighted by Crippen LogP contribution is 2.35. The number of carbonyl (C=O) groups is 2. The summed E-state index contributed by atoms with van der Waals surface area (Å²) in [5.74, 6) is -0.371. The third-order valence-electron chi connectivity index (χ3n) is 3.53. The first kappa shape index (κ1) is 16.4. The molecular formula is C16H12N2O4S2. The summed E-state index contributed by atoms with van der Waals surface area (Å²) in [6.07, 6.45) is 1.53. The number of hydrogen-bond donors (Lipinski definition) is 0. The third-order valence-corrected chi connectivity index (χ3v) is 5.42. The van der Waals surface area contributed by atoms with Gasteiger partial charge in [0.05, 0.1) is 16.4 Å². The summed E-state index contributed by atoms with van der Waals surface area (Å²) in [5.41, 5.74) is 1.92. The van der Waals surface area contributed by atoms with E-state index in [1.807, 2.05) is 31.2 Å². The zero-order valence-electron chi connectivity index (χ0n) is 12.6. The molecule has 122 valence electrons. The van der Waals surface area contributed by atoms with Crippen molar-refractivity contribution in [2.75, 3.05) is 0 Å². The molecule has 1 aromatic heterocycles. The van der Waals surface area contributed by atoms with Crippen LogP contribution in [0.1, 0.15) is 16.0 Å². The minimum absolute atomic E-state index is 0.000360. The molecule has 0 atom stereocenters. The van der Waals surface area contributed by atoms with Gasteiger partial charge in [-0.15, -0.1) is 0 Å². The van der Waals surface area contributed by atoms with Crippen LogP contribution in [0.25, 0.3) is 6.08 Å². The monoisotopic (exact) mass is 360 g/mol. The molecule has 24 heavy (non-hydrogen) atoms. The standard InChI is InChI=1S/C16H12N2O4S2/c1-10-4-2-3-5-11(10)9-17-15(19)13(24-16(17)20)8-12-6-7-14(23-12)18(21)22/h2-8H,9H2,1H3/b13-8-. The lowest BCUT2D eigenvalue weighted by molar-refractivity contribution is -0.380. The van der Waals surface area contributed by atoms with Gasteiger partial charge in [0.1, 0.15) is 0 Å². The van der Waals surface area contributed by atoms with Crippen molar-refractivity contribution in [1.29, 1.82) is 0 Å². The van der Waals surface area contributed by atoms with Crippen molar-refractivity contribution < 1.29 is 14.5 Å². The first-order valence-corrected chi connectivity index (χ1v) is 8.63. The molecule has 1 fully saturated rings. The maximum Gasteiger partial charge on any atom is 0.324 e. The lowest BCUT2D eigenvalue weighted by Gasteiger charge is -2.14. The van der Waals surface area contributed by atoms with Crippen LogP contribution in [0, 0.1) is 17.0 Å². The number of hydrogen-bond acceptors (Lipinski definition) is 6. The van der Waals surface area contributed by atoms with Crippen molar-refractivity contribution >= 4 is 45.3 Å². The molecule has 1 aromatic carbocycles. The lowest BCUT2D eigenvalue weighted by Crippen LogP contribution is -2.27. The van der Waals surface area contributed by atoms with E-state index in [1.54, 1.807) is 6.07 Å². The number of amides is 2. The zero-order valence-corrected chi connectivity index (χ0v) is 14.2. The predicted molar refractivity (Wildman–Crippen MR) is 93.7 cm³/mol. The van der Waals surface area contributed by atoms with Crippen LogP contribution in [-0.2, 0) is 11.3 Å². The molecule has 0 N–H and O–H groups in total. The third kappa shape index (κ3) is 3.24. The molecule has 0 radical (unpaired) electrons. The number of imide groups is 1. The minimum Gasteiger partial charge on any atom is -0.268 e. The van der Waals surface area contributed by atoms with Crippen molar-refractivity contribution in [3.8, 4) is 0 Å². The van der Waals surface area contributed by atoms with Crippen LogP contribution in [-0.4, -0.2) is 21.0 Å². The van der Waals surface area contributed by atoms with Gasteiger partial charge in [-0.1, -0.05) is 35.6 Å². The molecule has 2 heterocycles. The molecule has 2 aromatic rings. The highest BCUT2D eigenvalue weighted by atomic mass is 32.2. The van der Waals surface area contributed by atoms with Crippen molar-refractivity contribution in [2.24, 2.45) is 0 Å². The Hall–Kier alpha value is -2.45. The lowest BCUT2D eigenvalue weighted by atomic mass is 10.1. The highest BCUT2D eigenvalue weighted by Gasteiger charge is 2.35. The molecule has 1 aliphatic heterocycles. The van der Waals surface area contributed by atoms with Gasteiger partial charge in [-0.2, -0.15) is 0 Å². The number of aryl methyl sites for hydroxylation is 1. The largest absolute Gasteiger partial charge is 0.324 e. The van der Waals surface area contributed by atoms with Gasteiger partial charge in [0.15, 0.2) is 0 Å². The van der Waals surface area contributed by atoms with Crippen molar-refractivity contribution in [1.82, 2.24) is 4.90 Å². The van der Waals surface area contributed by atoms with Crippen LogP contribution in [0.4, 0.5) is 9.80 Å². The molecule has 2 amide bonds. The quantitative estimate of drug-likeness (QED) is 0.464. The Morgan fingerprint density at radius 1 is 1.21 bits per heavy atom. The van der Waals surface area contributed by atoms with Gasteiger partial charge in [0, 0.05) is 10.9 Å². The van der Waals surface area contributed by atoms with Gasteiger partial charge in [-0.25, -0.2) is 0 Å². The van der Waals surface area contributed by atoms with E-state index in [2.05, 4.69) is 0 Å². The second-order valence-corrected chi connectivity index (χ2v) is 7.21. The van der Waals surface area contributed by atoms with Crippen LogP contribution in [0.2, 0.25) is 0 Å². The Kier molecular flexibility index (Phi) is 4.50. The summed E-state index contributed by atoms with van der Waals surface area (Å²) in [5, 5.41) is 10.4. The Labute approximate surface area is 145 Å². The van der Waals surface area contributed by atoms with E-state index in [1.165, 1.54) is 17.0 Å². The number of carbonyl (C=O) groups excluding carboxylic acids is 2. The summed E-state index contributed by atoms with van der Waals surface area (Å²) in [6, 6.07) is 10.5. The number of nitrogens with zero attached hydrogens (tertiary/aromatic N) is 2. The highest BCUT2D eigenvalue weighted by molar-refractivity contribution is 8.18. The molecule has 8 heteroatoms. The van der Waals surface area contributed by atoms with E-state index < -0.39 is 4.92 Å². The van der Waals surface area contributed by atoms with Gasteiger partial charge in [0.25, 0.3) is 11.1 Å². The second-order valence-electron chi connectivity index (χ2n) is 5.13. The van der Waals surface area contributed by atoms with E-state index in [-0.39, 0.29) is 27.6 Å². The van der Waals surface area contributed by atoms with Gasteiger partial charge in [-0.3, -0.25) is 24.6 Å². The molecule has 1 aliphatic rings. The minimum atomic E-state index is -0.480. The van der Waals surface area contributed by atoms with Crippen LogP contribution in [0.5, 0.6) is 0 Å². The maximum absolute atomic E-state index is 12.5. The van der Waals surface area contributed by atoms with E-state index in [0.29, 0.717) is 4.88 Å². The van der Waals surface area contributed by atoms with E-state index in [9.17, 15) is 19.7 Å². The summed E-state index contributed by atoms with van der Waals surface area (Å²) in [6.45, 7) is 2.15. The summed E-state index contributed by atoms with van der Waals surface area (Å²) < 4.78 is 0. The number of nitro groups is 1. The van der Waals surface area contributed by atoms with Crippen LogP contribution in [0.3, 0.4) is 0 Å². The molecule has 0 bridgehead atoms. The molecule has 0 unspecified atom stereocenters. The van der Waals surface area contributed by atoms with Gasteiger partial charge in [-0.05, 0) is 42.0 Å². The topological polar surface area (TPSA) is 80.5 Å².